The topological polar surface area (TPSA) is 70.6 Å². The van der Waals surface area contributed by atoms with E-state index < -0.39 is 20.2 Å². The van der Waals surface area contributed by atoms with E-state index in [9.17, 15) is 21.6 Å². The number of sulfone groups is 1. The standard InChI is InChI=1S/C10H9ClF3N3O2S2/c11-7-5-6(21(18,19)10(12,13)14)1-2-8(7)16-17-9-15-3-4-20-9/h1-2,5,16H,3-4H2,(H,15,17). The van der Waals surface area contributed by atoms with Crippen LogP contribution in [0.2, 0.25) is 5.02 Å². The van der Waals surface area contributed by atoms with E-state index in [1.807, 2.05) is 0 Å². The van der Waals surface area contributed by atoms with Gasteiger partial charge in [0.15, 0.2) is 5.17 Å². The van der Waals surface area contributed by atoms with Gasteiger partial charge in [0.1, 0.15) is 0 Å². The lowest BCUT2D eigenvalue weighted by Crippen LogP contribution is -2.26. The second-order valence-electron chi connectivity index (χ2n) is 3.88. The molecule has 1 aromatic rings. The molecule has 0 aliphatic carbocycles. The van der Waals surface area contributed by atoms with Crippen LogP contribution in [0.4, 0.5) is 18.9 Å². The van der Waals surface area contributed by atoms with Gasteiger partial charge in [-0.05, 0) is 18.2 Å². The molecule has 1 aliphatic rings. The van der Waals surface area contributed by atoms with E-state index in [2.05, 4.69) is 15.8 Å². The van der Waals surface area contributed by atoms with Crippen molar-refractivity contribution in [3.63, 3.8) is 0 Å². The van der Waals surface area contributed by atoms with Gasteiger partial charge in [-0.1, -0.05) is 23.4 Å². The van der Waals surface area contributed by atoms with Crippen LogP contribution < -0.4 is 10.9 Å². The van der Waals surface area contributed by atoms with Crippen LogP contribution in [-0.4, -0.2) is 31.4 Å². The zero-order chi connectivity index (χ0) is 15.7. The van der Waals surface area contributed by atoms with Crippen LogP contribution >= 0.6 is 23.4 Å². The minimum absolute atomic E-state index is 0.156. The lowest BCUT2D eigenvalue weighted by atomic mass is 10.3. The summed E-state index contributed by atoms with van der Waals surface area (Å²) < 4.78 is 59.8. The van der Waals surface area contributed by atoms with E-state index in [4.69, 9.17) is 11.6 Å². The van der Waals surface area contributed by atoms with Crippen LogP contribution in [0.1, 0.15) is 0 Å². The Kier molecular flexibility index (Phi) is 4.59. The number of thioether (sulfide) groups is 1. The van der Waals surface area contributed by atoms with Crippen molar-refractivity contribution in [2.24, 2.45) is 4.99 Å². The highest BCUT2D eigenvalue weighted by atomic mass is 35.5. The molecule has 0 aromatic heterocycles. The van der Waals surface area contributed by atoms with Crippen LogP contribution in [0.25, 0.3) is 0 Å². The predicted octanol–water partition coefficient (Wildman–Crippen LogP) is 2.65. The first-order valence-electron chi connectivity index (χ1n) is 5.52. The smallest absolute Gasteiger partial charge is 0.298 e. The molecule has 0 spiro atoms. The Bertz CT molecular complexity index is 677. The van der Waals surface area contributed by atoms with Crippen LogP contribution in [-0.2, 0) is 9.84 Å². The van der Waals surface area contributed by atoms with Crippen molar-refractivity contribution in [3.8, 4) is 0 Å². The molecule has 2 N–H and O–H groups in total. The third-order valence-corrected chi connectivity index (χ3v) is 5.13. The fraction of sp³-hybridized carbons (Fsp3) is 0.300. The van der Waals surface area contributed by atoms with E-state index >= 15 is 0 Å². The number of hydrogen-bond donors (Lipinski definition) is 2. The van der Waals surface area contributed by atoms with Crippen molar-refractivity contribution in [1.82, 2.24) is 5.43 Å². The minimum atomic E-state index is -5.41. The van der Waals surface area contributed by atoms with Gasteiger partial charge < -0.3 is 0 Å². The average Bonchev–Trinajstić information content (AvgIpc) is 2.89. The number of rotatable bonds is 3. The molecular formula is C10H9ClF3N3O2S2. The molecule has 5 nitrogen and oxygen atoms in total. The number of hydrogen-bond acceptors (Lipinski definition) is 6. The van der Waals surface area contributed by atoms with Crippen molar-refractivity contribution in [1.29, 1.82) is 0 Å². The van der Waals surface area contributed by atoms with Crippen molar-refractivity contribution < 1.29 is 21.6 Å². The lowest BCUT2D eigenvalue weighted by Gasteiger charge is -2.12. The highest BCUT2D eigenvalue weighted by Crippen LogP contribution is 2.33. The number of hydrazine groups is 1. The average molecular weight is 360 g/mol. The Morgan fingerprint density at radius 3 is 2.52 bits per heavy atom. The lowest BCUT2D eigenvalue weighted by molar-refractivity contribution is -0.0436. The number of amidine groups is 1. The van der Waals surface area contributed by atoms with Crippen molar-refractivity contribution in [3.05, 3.63) is 23.2 Å². The highest BCUT2D eigenvalue weighted by molar-refractivity contribution is 8.14. The maximum Gasteiger partial charge on any atom is 0.501 e. The largest absolute Gasteiger partial charge is 0.501 e. The van der Waals surface area contributed by atoms with Gasteiger partial charge in [0.2, 0.25) is 0 Å². The molecule has 11 heteroatoms. The first-order chi connectivity index (χ1) is 9.72. The summed E-state index contributed by atoms with van der Waals surface area (Å²) in [6.07, 6.45) is 0. The van der Waals surface area contributed by atoms with Gasteiger partial charge in [0, 0.05) is 5.75 Å². The van der Waals surface area contributed by atoms with Gasteiger partial charge >= 0.3 is 5.51 Å². The molecule has 0 fully saturated rings. The van der Waals surface area contributed by atoms with Crippen molar-refractivity contribution in [2.75, 3.05) is 17.7 Å². The molecule has 0 saturated carbocycles. The third kappa shape index (κ3) is 3.55. The van der Waals surface area contributed by atoms with Crippen molar-refractivity contribution in [2.45, 2.75) is 10.4 Å². The van der Waals surface area contributed by atoms with Crippen LogP contribution in [0, 0.1) is 0 Å². The quantitative estimate of drug-likeness (QED) is 0.812. The summed E-state index contributed by atoms with van der Waals surface area (Å²) in [6, 6.07) is 2.73. The summed E-state index contributed by atoms with van der Waals surface area (Å²) in [5.74, 6) is 0.834. The third-order valence-electron chi connectivity index (χ3n) is 2.45. The highest BCUT2D eigenvalue weighted by Gasteiger charge is 2.47. The first-order valence-corrected chi connectivity index (χ1v) is 8.36. The molecule has 1 aromatic carbocycles. The van der Waals surface area contributed by atoms with E-state index in [0.29, 0.717) is 11.7 Å². The van der Waals surface area contributed by atoms with E-state index in [0.717, 1.165) is 24.0 Å². The molecular weight excluding hydrogens is 351 g/mol. The van der Waals surface area contributed by atoms with Crippen molar-refractivity contribution >= 4 is 44.1 Å². The van der Waals surface area contributed by atoms with Gasteiger partial charge in [0.05, 0.1) is 22.2 Å². The molecule has 0 unspecified atom stereocenters. The Labute approximate surface area is 127 Å². The molecule has 116 valence electrons. The first kappa shape index (κ1) is 16.2. The summed E-state index contributed by atoms with van der Waals surface area (Å²) in [5, 5.41) is 0.467. The summed E-state index contributed by atoms with van der Waals surface area (Å²) in [5.41, 5.74) is 0.278. The fourth-order valence-electron chi connectivity index (χ4n) is 1.43. The van der Waals surface area contributed by atoms with Crippen LogP contribution in [0.3, 0.4) is 0 Å². The molecule has 2 rings (SSSR count). The SMILES string of the molecule is O=S(=O)(c1ccc(NNC2=NCCS2)c(Cl)c1)C(F)(F)F. The maximum atomic E-state index is 12.4. The predicted molar refractivity (Wildman–Crippen MR) is 76.2 cm³/mol. The Morgan fingerprint density at radius 1 is 1.29 bits per heavy atom. The Morgan fingerprint density at radius 2 is 2.00 bits per heavy atom. The zero-order valence-electron chi connectivity index (χ0n) is 10.2. The number of benzene rings is 1. The van der Waals surface area contributed by atoms with Gasteiger partial charge in [-0.15, -0.1) is 0 Å². The number of anilines is 1. The molecule has 0 bridgehead atoms. The zero-order valence-corrected chi connectivity index (χ0v) is 12.6. The van der Waals surface area contributed by atoms with E-state index in [-0.39, 0.29) is 10.7 Å². The van der Waals surface area contributed by atoms with Gasteiger partial charge in [0.25, 0.3) is 9.84 Å². The second-order valence-corrected chi connectivity index (χ2v) is 7.31. The summed E-state index contributed by atoms with van der Waals surface area (Å²) in [4.78, 5) is 3.18. The Hall–Kier alpha value is -1.13. The summed E-state index contributed by atoms with van der Waals surface area (Å²) >= 11 is 7.26. The molecule has 0 radical (unpaired) electrons. The number of aliphatic imine (C=N–C) groups is 1. The summed E-state index contributed by atoms with van der Waals surface area (Å²) in [7, 11) is -5.41. The van der Waals surface area contributed by atoms with Gasteiger partial charge in [-0.2, -0.15) is 13.2 Å². The minimum Gasteiger partial charge on any atom is -0.298 e. The fourth-order valence-corrected chi connectivity index (χ4v) is 3.19. The van der Waals surface area contributed by atoms with Gasteiger partial charge in [-0.3, -0.25) is 15.8 Å². The molecule has 1 aliphatic heterocycles. The molecule has 21 heavy (non-hydrogen) atoms. The number of nitrogens with one attached hydrogen (secondary N) is 2. The second kappa shape index (κ2) is 5.93. The van der Waals surface area contributed by atoms with Gasteiger partial charge in [-0.25, -0.2) is 8.42 Å². The Balaban J connectivity index is 2.18. The molecule has 0 atom stereocenters. The monoisotopic (exact) mass is 359 g/mol. The van der Waals surface area contributed by atoms with E-state index in [1.165, 1.54) is 11.8 Å². The normalized spacial score (nSPS) is 15.7. The molecule has 0 amide bonds. The van der Waals surface area contributed by atoms with E-state index in [1.54, 1.807) is 0 Å². The maximum absolute atomic E-state index is 12.4. The van der Waals surface area contributed by atoms with Crippen LogP contribution in [0.5, 0.6) is 0 Å². The van der Waals surface area contributed by atoms with Crippen LogP contribution in [0.15, 0.2) is 28.1 Å². The molecule has 0 saturated heterocycles. The molecule has 1 heterocycles. The number of halogens is 4. The number of nitrogens with zero attached hydrogens (tertiary/aromatic N) is 1. The number of alkyl halides is 3. The summed E-state index contributed by atoms with van der Waals surface area (Å²) in [6.45, 7) is 0.672.